The lowest BCUT2D eigenvalue weighted by molar-refractivity contribution is -0.151. The molecule has 3 heteroatoms. The number of ether oxygens (including phenoxy) is 1. The average molecular weight is 491 g/mol. The highest BCUT2D eigenvalue weighted by Gasteiger charge is 2.59. The first kappa shape index (κ1) is 26.6. The highest BCUT2D eigenvalue weighted by Crippen LogP contribution is 2.67. The predicted octanol–water partition coefficient (Wildman–Crippen LogP) is 8.96. The van der Waals surface area contributed by atoms with Gasteiger partial charge in [-0.1, -0.05) is 65.5 Å². The summed E-state index contributed by atoms with van der Waals surface area (Å²) in [7, 11) is 0. The maximum atomic E-state index is 12.2. The Labute approximate surface area is 215 Å². The monoisotopic (exact) mass is 490 g/mol. The van der Waals surface area contributed by atoms with Crippen LogP contribution < -0.4 is 0 Å². The van der Waals surface area contributed by atoms with Gasteiger partial charge in [0, 0.05) is 18.7 Å². The van der Waals surface area contributed by atoms with Crippen LogP contribution in [0.25, 0.3) is 0 Å². The summed E-state index contributed by atoms with van der Waals surface area (Å²) in [6.45, 7) is 12.5. The van der Waals surface area contributed by atoms with Crippen molar-refractivity contribution >= 4 is 17.6 Å². The van der Waals surface area contributed by atoms with Crippen molar-refractivity contribution in [2.45, 2.75) is 124 Å². The molecule has 2 nitrogen and oxygen atoms in total. The van der Waals surface area contributed by atoms with Crippen molar-refractivity contribution in [1.82, 2.24) is 0 Å². The van der Waals surface area contributed by atoms with Gasteiger partial charge in [0.15, 0.2) is 0 Å². The topological polar surface area (TPSA) is 26.3 Å². The van der Waals surface area contributed by atoms with E-state index < -0.39 is 0 Å². The van der Waals surface area contributed by atoms with E-state index in [1.807, 2.05) is 0 Å². The Balaban J connectivity index is 1.41. The van der Waals surface area contributed by atoms with Crippen LogP contribution in [0.2, 0.25) is 0 Å². The molecule has 0 amide bonds. The molecule has 0 aromatic heterocycles. The molecule has 0 aromatic rings. The Morgan fingerprint density at radius 3 is 2.59 bits per heavy atom. The second kappa shape index (κ2) is 10.9. The van der Waals surface area contributed by atoms with E-state index in [1.165, 1.54) is 57.8 Å². The third-order valence-electron chi connectivity index (χ3n) is 11.1. The average Bonchev–Trinajstić information content (AvgIpc) is 3.15. The number of fused-ring (bicyclic) bond motifs is 5. The van der Waals surface area contributed by atoms with Crippen molar-refractivity contribution in [3.8, 4) is 0 Å². The van der Waals surface area contributed by atoms with Gasteiger partial charge in [0.1, 0.15) is 6.10 Å². The number of alkyl halides is 1. The summed E-state index contributed by atoms with van der Waals surface area (Å²) in [6, 6.07) is 0. The molecule has 0 unspecified atom stereocenters. The molecule has 34 heavy (non-hydrogen) atoms. The van der Waals surface area contributed by atoms with Gasteiger partial charge in [0.25, 0.3) is 0 Å². The molecule has 0 heterocycles. The number of hydrogen-bond donors (Lipinski definition) is 0. The number of carbonyl (C=O) groups is 1. The van der Waals surface area contributed by atoms with E-state index in [4.69, 9.17) is 16.3 Å². The first-order valence-corrected chi connectivity index (χ1v) is 15.2. The fourth-order valence-electron chi connectivity index (χ4n) is 9.21. The highest BCUT2D eigenvalue weighted by molar-refractivity contribution is 6.17. The molecule has 8 atom stereocenters. The second-order valence-corrected chi connectivity index (χ2v) is 13.8. The molecule has 194 valence electrons. The van der Waals surface area contributed by atoms with Crippen LogP contribution in [0.4, 0.5) is 0 Å². The highest BCUT2D eigenvalue weighted by atomic mass is 35.5. The fraction of sp³-hybridized carbons (Fsp3) is 0.903. The van der Waals surface area contributed by atoms with Gasteiger partial charge >= 0.3 is 5.97 Å². The molecule has 0 radical (unpaired) electrons. The molecular formula is C31H51ClO2. The van der Waals surface area contributed by atoms with Crippen LogP contribution in [0.15, 0.2) is 11.6 Å². The standard InChI is InChI=1S/C31H51ClO2/c1-21(2)8-6-9-22(3)26-13-14-27-25-12-11-23-20-24(34-29(33)10-7-19-32)15-17-30(23,4)28(25)16-18-31(26,27)5/h11,21-22,24-28H,6-10,12-20H2,1-5H3/t22-,24-,25+,26-,27+,28+,30-,31+/m0/s1. The predicted molar refractivity (Wildman–Crippen MR) is 143 cm³/mol. The van der Waals surface area contributed by atoms with E-state index in [1.54, 1.807) is 5.57 Å². The van der Waals surface area contributed by atoms with E-state index in [-0.39, 0.29) is 12.1 Å². The quantitative estimate of drug-likeness (QED) is 0.183. The number of carbonyl (C=O) groups excluding carboxylic acids is 1. The zero-order chi connectivity index (χ0) is 24.5. The Hall–Kier alpha value is -0.500. The van der Waals surface area contributed by atoms with Gasteiger partial charge in [-0.3, -0.25) is 4.79 Å². The van der Waals surface area contributed by atoms with Crippen LogP contribution in [0.3, 0.4) is 0 Å². The van der Waals surface area contributed by atoms with Crippen LogP contribution in [0.5, 0.6) is 0 Å². The fourth-order valence-corrected chi connectivity index (χ4v) is 9.34. The number of allylic oxidation sites excluding steroid dienone is 1. The van der Waals surface area contributed by atoms with Gasteiger partial charge in [-0.15, -0.1) is 11.6 Å². The minimum Gasteiger partial charge on any atom is -0.462 e. The third kappa shape index (κ3) is 5.14. The third-order valence-corrected chi connectivity index (χ3v) is 11.3. The van der Waals surface area contributed by atoms with Crippen molar-refractivity contribution in [2.24, 2.45) is 46.3 Å². The molecule has 0 saturated heterocycles. The number of esters is 1. The van der Waals surface area contributed by atoms with Crippen molar-refractivity contribution in [1.29, 1.82) is 0 Å². The van der Waals surface area contributed by atoms with Crippen molar-refractivity contribution < 1.29 is 9.53 Å². The van der Waals surface area contributed by atoms with Gasteiger partial charge in [-0.25, -0.2) is 0 Å². The maximum absolute atomic E-state index is 12.2. The van der Waals surface area contributed by atoms with Gasteiger partial charge in [-0.05, 0) is 97.7 Å². The summed E-state index contributed by atoms with van der Waals surface area (Å²) in [5.41, 5.74) is 2.48. The molecular weight excluding hydrogens is 440 g/mol. The van der Waals surface area contributed by atoms with Crippen LogP contribution in [-0.2, 0) is 9.53 Å². The lowest BCUT2D eigenvalue weighted by Crippen LogP contribution is -2.51. The van der Waals surface area contributed by atoms with E-state index in [9.17, 15) is 4.79 Å². The molecule has 0 aliphatic heterocycles. The minimum atomic E-state index is -0.0588. The Morgan fingerprint density at radius 2 is 1.85 bits per heavy atom. The Bertz CT molecular complexity index is 744. The largest absolute Gasteiger partial charge is 0.462 e. The number of halogens is 1. The van der Waals surface area contributed by atoms with Gasteiger partial charge in [0.2, 0.25) is 0 Å². The minimum absolute atomic E-state index is 0.0588. The van der Waals surface area contributed by atoms with E-state index >= 15 is 0 Å². The molecule has 4 rings (SSSR count). The molecule has 0 aromatic carbocycles. The summed E-state index contributed by atoms with van der Waals surface area (Å²) in [4.78, 5) is 12.2. The van der Waals surface area contributed by atoms with Crippen molar-refractivity contribution in [3.63, 3.8) is 0 Å². The van der Waals surface area contributed by atoms with E-state index in [0.717, 1.165) is 54.8 Å². The van der Waals surface area contributed by atoms with Crippen LogP contribution >= 0.6 is 11.6 Å². The first-order valence-electron chi connectivity index (χ1n) is 14.6. The van der Waals surface area contributed by atoms with Crippen molar-refractivity contribution in [2.75, 3.05) is 5.88 Å². The van der Waals surface area contributed by atoms with E-state index in [2.05, 4.69) is 40.7 Å². The molecule has 0 N–H and O–H groups in total. The molecule has 3 fully saturated rings. The summed E-state index contributed by atoms with van der Waals surface area (Å²) >= 11 is 5.75. The van der Waals surface area contributed by atoms with Gasteiger partial charge < -0.3 is 4.74 Å². The summed E-state index contributed by atoms with van der Waals surface area (Å²) in [5.74, 6) is 5.70. The maximum Gasteiger partial charge on any atom is 0.306 e. The van der Waals surface area contributed by atoms with Gasteiger partial charge in [-0.2, -0.15) is 0 Å². The normalized spacial score (nSPS) is 40.2. The molecule has 0 spiro atoms. The summed E-state index contributed by atoms with van der Waals surface area (Å²) in [5, 5.41) is 0. The summed E-state index contributed by atoms with van der Waals surface area (Å²) in [6.07, 6.45) is 18.3. The second-order valence-electron chi connectivity index (χ2n) is 13.4. The molecule has 0 bridgehead atoms. The van der Waals surface area contributed by atoms with Crippen LogP contribution in [-0.4, -0.2) is 18.0 Å². The molecule has 4 aliphatic rings. The van der Waals surface area contributed by atoms with E-state index in [0.29, 0.717) is 23.1 Å². The zero-order valence-corrected chi connectivity index (χ0v) is 23.5. The number of hydrogen-bond acceptors (Lipinski definition) is 2. The number of rotatable bonds is 9. The summed E-state index contributed by atoms with van der Waals surface area (Å²) < 4.78 is 5.86. The SMILES string of the molecule is CC(C)CCC[C@H](C)[C@@H]1CC[C@@H]2[C@H]3CC=C4C[C@@H](OC(=O)CCCCl)CC[C@]4(C)[C@@H]3CC[C@@]21C. The Morgan fingerprint density at radius 1 is 1.06 bits per heavy atom. The first-order chi connectivity index (χ1) is 16.2. The molecule has 4 aliphatic carbocycles. The van der Waals surface area contributed by atoms with Crippen LogP contribution in [0, 0.1) is 46.3 Å². The Kier molecular flexibility index (Phi) is 8.48. The smallest absolute Gasteiger partial charge is 0.306 e. The lowest BCUT2D eigenvalue weighted by atomic mass is 9.47. The van der Waals surface area contributed by atoms with Gasteiger partial charge in [0.05, 0.1) is 0 Å². The molecule has 3 saturated carbocycles. The zero-order valence-electron chi connectivity index (χ0n) is 22.7. The lowest BCUT2D eigenvalue weighted by Gasteiger charge is -2.58. The van der Waals surface area contributed by atoms with Crippen LogP contribution in [0.1, 0.15) is 118 Å². The van der Waals surface area contributed by atoms with Crippen molar-refractivity contribution in [3.05, 3.63) is 11.6 Å².